The van der Waals surface area contributed by atoms with Gasteiger partial charge < -0.3 is 9.73 Å². The van der Waals surface area contributed by atoms with E-state index in [1.54, 1.807) is 0 Å². The molecule has 0 amide bonds. The topological polar surface area (TPSA) is 28.4 Å². The lowest BCUT2D eigenvalue weighted by Crippen LogP contribution is -2.33. The van der Waals surface area contributed by atoms with E-state index in [2.05, 4.69) is 23.3 Å². The summed E-state index contributed by atoms with van der Waals surface area (Å²) in [6, 6.07) is 3.46. The number of furan rings is 1. The van der Waals surface area contributed by atoms with Crippen molar-refractivity contribution < 1.29 is 4.42 Å². The number of hydrogen-bond acceptors (Lipinski definition) is 3. The van der Waals surface area contributed by atoms with Gasteiger partial charge in [-0.2, -0.15) is 0 Å². The SMILES string of the molecule is CNC1CCN(C2CCCc3occc32)C1. The molecular weight excluding hydrogens is 200 g/mol. The number of likely N-dealkylation sites (N-methyl/N-ethyl adjacent to an activating group) is 1. The summed E-state index contributed by atoms with van der Waals surface area (Å²) in [7, 11) is 2.07. The largest absolute Gasteiger partial charge is 0.469 e. The van der Waals surface area contributed by atoms with E-state index < -0.39 is 0 Å². The highest BCUT2D eigenvalue weighted by molar-refractivity contribution is 5.24. The second-order valence-corrected chi connectivity index (χ2v) is 4.98. The summed E-state index contributed by atoms with van der Waals surface area (Å²) < 4.78 is 5.56. The summed E-state index contributed by atoms with van der Waals surface area (Å²) >= 11 is 0. The standard InChI is InChI=1S/C13H20N2O/c1-14-10-5-7-15(9-10)12-3-2-4-13-11(12)6-8-16-13/h6,8,10,12,14H,2-5,7,9H2,1H3. The van der Waals surface area contributed by atoms with Crippen LogP contribution in [0.3, 0.4) is 0 Å². The molecule has 16 heavy (non-hydrogen) atoms. The molecule has 0 aromatic carbocycles. The summed E-state index contributed by atoms with van der Waals surface area (Å²) in [4.78, 5) is 2.62. The number of nitrogens with one attached hydrogen (secondary N) is 1. The molecule has 2 heterocycles. The van der Waals surface area contributed by atoms with Crippen molar-refractivity contribution >= 4 is 0 Å². The minimum atomic E-state index is 0.612. The number of fused-ring (bicyclic) bond motifs is 1. The first kappa shape index (κ1) is 10.4. The van der Waals surface area contributed by atoms with Crippen molar-refractivity contribution in [2.75, 3.05) is 20.1 Å². The maximum Gasteiger partial charge on any atom is 0.108 e. The second-order valence-electron chi connectivity index (χ2n) is 4.98. The number of aryl methyl sites for hydroxylation is 1. The van der Waals surface area contributed by atoms with E-state index >= 15 is 0 Å². The molecule has 1 aromatic heterocycles. The molecule has 1 N–H and O–H groups in total. The fourth-order valence-corrected chi connectivity index (χ4v) is 3.15. The van der Waals surface area contributed by atoms with Crippen LogP contribution in [0.4, 0.5) is 0 Å². The Morgan fingerprint density at radius 3 is 3.19 bits per heavy atom. The number of hydrogen-bond donors (Lipinski definition) is 1. The smallest absolute Gasteiger partial charge is 0.108 e. The van der Waals surface area contributed by atoms with Gasteiger partial charge in [-0.05, 0) is 32.4 Å². The van der Waals surface area contributed by atoms with Crippen molar-refractivity contribution in [1.29, 1.82) is 0 Å². The first-order valence-electron chi connectivity index (χ1n) is 6.36. The highest BCUT2D eigenvalue weighted by atomic mass is 16.3. The zero-order chi connectivity index (χ0) is 11.0. The first-order chi connectivity index (χ1) is 7.88. The molecule has 2 aliphatic rings. The predicted molar refractivity (Wildman–Crippen MR) is 63.4 cm³/mol. The molecular formula is C13H20N2O. The van der Waals surface area contributed by atoms with Crippen molar-refractivity contribution in [2.45, 2.75) is 37.8 Å². The molecule has 2 atom stereocenters. The Hall–Kier alpha value is -0.800. The van der Waals surface area contributed by atoms with Crippen LogP contribution in [0.2, 0.25) is 0 Å². The molecule has 0 bridgehead atoms. The van der Waals surface area contributed by atoms with Crippen LogP contribution in [0, 0.1) is 0 Å². The van der Waals surface area contributed by atoms with Crippen LogP contribution in [0.15, 0.2) is 16.7 Å². The molecule has 1 aliphatic carbocycles. The van der Waals surface area contributed by atoms with E-state index in [1.807, 2.05) is 6.26 Å². The molecule has 1 aliphatic heterocycles. The highest BCUT2D eigenvalue weighted by Crippen LogP contribution is 2.36. The Bertz CT molecular complexity index is 361. The monoisotopic (exact) mass is 220 g/mol. The summed E-state index contributed by atoms with van der Waals surface area (Å²) in [5.74, 6) is 1.23. The van der Waals surface area contributed by atoms with Gasteiger partial charge in [-0.1, -0.05) is 0 Å². The molecule has 3 rings (SSSR count). The van der Waals surface area contributed by atoms with E-state index in [-0.39, 0.29) is 0 Å². The minimum absolute atomic E-state index is 0.612. The van der Waals surface area contributed by atoms with Gasteiger partial charge in [0, 0.05) is 37.2 Å². The van der Waals surface area contributed by atoms with Crippen molar-refractivity contribution in [2.24, 2.45) is 0 Å². The van der Waals surface area contributed by atoms with Crippen LogP contribution in [-0.4, -0.2) is 31.1 Å². The fourth-order valence-electron chi connectivity index (χ4n) is 3.15. The van der Waals surface area contributed by atoms with Gasteiger partial charge in [0.25, 0.3) is 0 Å². The number of likely N-dealkylation sites (tertiary alicyclic amines) is 1. The summed E-state index contributed by atoms with van der Waals surface area (Å²) in [6.45, 7) is 2.41. The van der Waals surface area contributed by atoms with E-state index in [0.717, 1.165) is 6.42 Å². The van der Waals surface area contributed by atoms with Crippen LogP contribution in [0.25, 0.3) is 0 Å². The third kappa shape index (κ3) is 1.68. The summed E-state index contributed by atoms with van der Waals surface area (Å²) in [6.07, 6.45) is 6.83. The third-order valence-corrected chi connectivity index (χ3v) is 4.09. The summed E-state index contributed by atoms with van der Waals surface area (Å²) in [5, 5.41) is 3.39. The summed E-state index contributed by atoms with van der Waals surface area (Å²) in [5.41, 5.74) is 1.45. The molecule has 88 valence electrons. The number of nitrogens with zero attached hydrogens (tertiary/aromatic N) is 1. The molecule has 3 heteroatoms. The Labute approximate surface area is 96.8 Å². The zero-order valence-electron chi connectivity index (χ0n) is 9.91. The van der Waals surface area contributed by atoms with Gasteiger partial charge in [-0.3, -0.25) is 4.90 Å². The maximum absolute atomic E-state index is 5.56. The molecule has 3 nitrogen and oxygen atoms in total. The Kier molecular flexibility index (Phi) is 2.74. The van der Waals surface area contributed by atoms with E-state index in [1.165, 1.54) is 43.7 Å². The first-order valence-corrected chi connectivity index (χ1v) is 6.36. The van der Waals surface area contributed by atoms with Gasteiger partial charge in [0.1, 0.15) is 5.76 Å². The zero-order valence-corrected chi connectivity index (χ0v) is 9.91. The van der Waals surface area contributed by atoms with Crippen LogP contribution in [0.1, 0.15) is 36.6 Å². The van der Waals surface area contributed by atoms with Gasteiger partial charge in [0.15, 0.2) is 0 Å². The predicted octanol–water partition coefficient (Wildman–Crippen LogP) is 1.95. The van der Waals surface area contributed by atoms with Gasteiger partial charge in [0.05, 0.1) is 6.26 Å². The molecule has 1 fully saturated rings. The lowest BCUT2D eigenvalue weighted by Gasteiger charge is -2.30. The van der Waals surface area contributed by atoms with Gasteiger partial charge >= 0.3 is 0 Å². The van der Waals surface area contributed by atoms with Crippen molar-refractivity contribution in [3.8, 4) is 0 Å². The maximum atomic E-state index is 5.56. The minimum Gasteiger partial charge on any atom is -0.469 e. The molecule has 2 unspecified atom stereocenters. The van der Waals surface area contributed by atoms with Crippen molar-refractivity contribution in [1.82, 2.24) is 10.2 Å². The van der Waals surface area contributed by atoms with Crippen LogP contribution in [0.5, 0.6) is 0 Å². The van der Waals surface area contributed by atoms with Crippen molar-refractivity contribution in [3.63, 3.8) is 0 Å². The Morgan fingerprint density at radius 1 is 1.44 bits per heavy atom. The van der Waals surface area contributed by atoms with Gasteiger partial charge in [0.2, 0.25) is 0 Å². The van der Waals surface area contributed by atoms with Crippen LogP contribution < -0.4 is 5.32 Å². The molecule has 0 spiro atoms. The third-order valence-electron chi connectivity index (χ3n) is 4.09. The fraction of sp³-hybridized carbons (Fsp3) is 0.692. The normalized spacial score (nSPS) is 30.6. The van der Waals surface area contributed by atoms with Crippen LogP contribution in [-0.2, 0) is 6.42 Å². The molecule has 0 saturated carbocycles. The van der Waals surface area contributed by atoms with Gasteiger partial charge in [-0.25, -0.2) is 0 Å². The van der Waals surface area contributed by atoms with E-state index in [0.29, 0.717) is 12.1 Å². The van der Waals surface area contributed by atoms with Crippen LogP contribution >= 0.6 is 0 Å². The van der Waals surface area contributed by atoms with E-state index in [4.69, 9.17) is 4.42 Å². The average molecular weight is 220 g/mol. The molecule has 1 aromatic rings. The highest BCUT2D eigenvalue weighted by Gasteiger charge is 2.32. The Morgan fingerprint density at radius 2 is 2.38 bits per heavy atom. The lowest BCUT2D eigenvalue weighted by molar-refractivity contribution is 0.212. The number of rotatable bonds is 2. The molecule has 1 saturated heterocycles. The van der Waals surface area contributed by atoms with Crippen molar-refractivity contribution in [3.05, 3.63) is 23.7 Å². The second kappa shape index (κ2) is 4.22. The average Bonchev–Trinajstić information content (AvgIpc) is 2.97. The van der Waals surface area contributed by atoms with E-state index in [9.17, 15) is 0 Å². The van der Waals surface area contributed by atoms with Gasteiger partial charge in [-0.15, -0.1) is 0 Å². The quantitative estimate of drug-likeness (QED) is 0.825. The lowest BCUT2D eigenvalue weighted by atomic mass is 9.92. The molecule has 0 radical (unpaired) electrons. The Balaban J connectivity index is 1.77.